The van der Waals surface area contributed by atoms with Crippen LogP contribution in [0.25, 0.3) is 0 Å². The number of nitrogens with zero attached hydrogens (tertiary/aromatic N) is 1. The molecule has 156 valence electrons. The number of allylic oxidation sites excluding steroid dienone is 2. The summed E-state index contributed by atoms with van der Waals surface area (Å²) in [4.78, 5) is 32.4. The normalized spacial score (nSPS) is 23.6. The minimum atomic E-state index is -0.637. The minimum Gasteiger partial charge on any atom is -0.496 e. The number of benzene rings is 1. The quantitative estimate of drug-likeness (QED) is 0.642. The van der Waals surface area contributed by atoms with Crippen molar-refractivity contribution in [3.8, 4) is 5.75 Å². The van der Waals surface area contributed by atoms with Gasteiger partial charge in [0.25, 0.3) is 0 Å². The van der Waals surface area contributed by atoms with Crippen LogP contribution in [0.1, 0.15) is 49.0 Å². The van der Waals surface area contributed by atoms with Gasteiger partial charge in [-0.1, -0.05) is 24.3 Å². The van der Waals surface area contributed by atoms with E-state index in [-0.39, 0.29) is 24.3 Å². The molecule has 1 aliphatic carbocycles. The molecule has 0 saturated heterocycles. The van der Waals surface area contributed by atoms with Gasteiger partial charge in [0.15, 0.2) is 5.78 Å². The van der Waals surface area contributed by atoms with E-state index in [4.69, 9.17) is 14.5 Å². The largest absolute Gasteiger partial charge is 0.496 e. The van der Waals surface area contributed by atoms with Crippen LogP contribution in [0, 0.1) is 5.92 Å². The van der Waals surface area contributed by atoms with Crippen molar-refractivity contribution in [3.05, 3.63) is 63.5 Å². The van der Waals surface area contributed by atoms with Crippen LogP contribution in [-0.2, 0) is 14.3 Å². The second-order valence-electron chi connectivity index (χ2n) is 7.61. The Kier molecular flexibility index (Phi) is 5.86. The number of carbonyl (C=O) groups excluding carboxylic acids is 2. The Morgan fingerprint density at radius 2 is 2.00 bits per heavy atom. The number of para-hydroxylation sites is 1. The van der Waals surface area contributed by atoms with Crippen molar-refractivity contribution in [1.29, 1.82) is 0 Å². The molecule has 0 radical (unpaired) electrons. The number of thiophene rings is 1. The SMILES string of the molecule is CCOC(=O)C1C(C)=NC2=C(C(=O)C[C@@H](c3cccs3)C2)[C@H]1c1ccccc1OC. The summed E-state index contributed by atoms with van der Waals surface area (Å²) in [6.07, 6.45) is 1.12. The summed E-state index contributed by atoms with van der Waals surface area (Å²) < 4.78 is 11.0. The molecule has 0 fully saturated rings. The molecule has 2 heterocycles. The second kappa shape index (κ2) is 8.56. The van der Waals surface area contributed by atoms with Crippen LogP contribution in [0.3, 0.4) is 0 Å². The van der Waals surface area contributed by atoms with E-state index in [2.05, 4.69) is 6.07 Å². The van der Waals surface area contributed by atoms with Crippen LogP contribution in [0.15, 0.2) is 58.0 Å². The number of ether oxygens (including phenoxy) is 2. The number of aliphatic imine (C=N–C) groups is 1. The average molecular weight is 424 g/mol. The fourth-order valence-corrected chi connectivity index (χ4v) is 5.41. The zero-order valence-corrected chi connectivity index (χ0v) is 18.2. The first-order chi connectivity index (χ1) is 14.5. The molecule has 0 saturated carbocycles. The molecule has 0 N–H and O–H groups in total. The van der Waals surface area contributed by atoms with Crippen LogP contribution < -0.4 is 4.74 Å². The molecule has 0 bridgehead atoms. The lowest BCUT2D eigenvalue weighted by atomic mass is 9.69. The van der Waals surface area contributed by atoms with Gasteiger partial charge in [-0.25, -0.2) is 0 Å². The Hall–Kier alpha value is -2.73. The highest BCUT2D eigenvalue weighted by atomic mass is 32.1. The number of ketones is 1. The summed E-state index contributed by atoms with van der Waals surface area (Å²) in [5.74, 6) is -0.603. The van der Waals surface area contributed by atoms with Gasteiger partial charge < -0.3 is 9.47 Å². The van der Waals surface area contributed by atoms with Crippen molar-refractivity contribution in [1.82, 2.24) is 0 Å². The number of rotatable bonds is 5. The molecule has 1 aliphatic heterocycles. The molecule has 5 nitrogen and oxygen atoms in total. The smallest absolute Gasteiger partial charge is 0.315 e. The lowest BCUT2D eigenvalue weighted by molar-refractivity contribution is -0.146. The number of esters is 1. The van der Waals surface area contributed by atoms with Crippen molar-refractivity contribution in [3.63, 3.8) is 0 Å². The molecule has 1 unspecified atom stereocenters. The first-order valence-corrected chi connectivity index (χ1v) is 11.1. The Balaban J connectivity index is 1.85. The minimum absolute atomic E-state index is 0.0519. The summed E-state index contributed by atoms with van der Waals surface area (Å²) in [6, 6.07) is 11.7. The maximum absolute atomic E-state index is 13.4. The second-order valence-corrected chi connectivity index (χ2v) is 8.59. The number of Topliss-reactive ketones (excluding diaryl/α,β-unsaturated/α-hetero) is 1. The molecule has 0 spiro atoms. The Bertz CT molecular complexity index is 1020. The van der Waals surface area contributed by atoms with Crippen molar-refractivity contribution in [2.45, 2.75) is 38.5 Å². The first-order valence-electron chi connectivity index (χ1n) is 10.2. The molecule has 1 aromatic carbocycles. The molecule has 30 heavy (non-hydrogen) atoms. The molecule has 1 aromatic heterocycles. The van der Waals surface area contributed by atoms with E-state index in [1.54, 1.807) is 25.4 Å². The van der Waals surface area contributed by atoms with E-state index in [0.717, 1.165) is 11.3 Å². The van der Waals surface area contributed by atoms with Crippen molar-refractivity contribution in [2.75, 3.05) is 13.7 Å². The maximum atomic E-state index is 13.4. The lowest BCUT2D eigenvalue weighted by Crippen LogP contribution is -2.38. The Morgan fingerprint density at radius 1 is 1.20 bits per heavy atom. The van der Waals surface area contributed by atoms with Gasteiger partial charge in [-0.15, -0.1) is 11.3 Å². The van der Waals surface area contributed by atoms with Gasteiger partial charge >= 0.3 is 5.97 Å². The van der Waals surface area contributed by atoms with E-state index in [1.165, 1.54) is 4.88 Å². The van der Waals surface area contributed by atoms with Gasteiger partial charge in [-0.2, -0.15) is 0 Å². The fourth-order valence-electron chi connectivity index (χ4n) is 4.58. The highest BCUT2D eigenvalue weighted by Crippen LogP contribution is 2.49. The maximum Gasteiger partial charge on any atom is 0.315 e. The third kappa shape index (κ3) is 3.60. The van der Waals surface area contributed by atoms with Crippen LogP contribution >= 0.6 is 11.3 Å². The van der Waals surface area contributed by atoms with Crippen LogP contribution in [0.5, 0.6) is 5.75 Å². The van der Waals surface area contributed by atoms with Gasteiger partial charge in [0.05, 0.1) is 13.7 Å². The van der Waals surface area contributed by atoms with Crippen molar-refractivity contribution in [2.24, 2.45) is 10.9 Å². The van der Waals surface area contributed by atoms with Crippen LogP contribution in [0.4, 0.5) is 0 Å². The zero-order chi connectivity index (χ0) is 21.3. The summed E-state index contributed by atoms with van der Waals surface area (Å²) in [5, 5.41) is 2.04. The topological polar surface area (TPSA) is 65.0 Å². The monoisotopic (exact) mass is 423 g/mol. The number of hydrogen-bond acceptors (Lipinski definition) is 6. The highest BCUT2D eigenvalue weighted by molar-refractivity contribution is 7.10. The Morgan fingerprint density at radius 3 is 2.70 bits per heavy atom. The van der Waals surface area contributed by atoms with Crippen molar-refractivity contribution >= 4 is 28.8 Å². The third-order valence-corrected chi connectivity index (χ3v) is 6.88. The standard InChI is InChI=1S/C24H25NO4S/c1-4-29-24(27)21-14(2)25-17-12-15(20-10-7-11-30-20)13-18(26)23(17)22(21)16-8-5-6-9-19(16)28-3/h5-11,15,21-22H,4,12-13H2,1-3H3/t15-,21?,22-/m0/s1. The molecule has 2 aromatic rings. The van der Waals surface area contributed by atoms with Gasteiger partial charge in [0.2, 0.25) is 0 Å². The molecular formula is C24H25NO4S. The van der Waals surface area contributed by atoms with Gasteiger partial charge in [0.1, 0.15) is 11.7 Å². The summed E-state index contributed by atoms with van der Waals surface area (Å²) >= 11 is 1.67. The van der Waals surface area contributed by atoms with E-state index in [9.17, 15) is 9.59 Å². The van der Waals surface area contributed by atoms with Gasteiger partial charge in [0, 0.05) is 45.7 Å². The molecule has 2 aliphatic rings. The van der Waals surface area contributed by atoms with Crippen LogP contribution in [-0.4, -0.2) is 31.2 Å². The van der Waals surface area contributed by atoms with E-state index >= 15 is 0 Å². The molecule has 0 amide bonds. The Labute approximate surface area is 180 Å². The van der Waals surface area contributed by atoms with E-state index < -0.39 is 11.8 Å². The molecule has 3 atom stereocenters. The highest BCUT2D eigenvalue weighted by Gasteiger charge is 2.45. The molecule has 4 rings (SSSR count). The van der Waals surface area contributed by atoms with E-state index in [1.807, 2.05) is 42.6 Å². The predicted molar refractivity (Wildman–Crippen MR) is 117 cm³/mol. The van der Waals surface area contributed by atoms with Crippen molar-refractivity contribution < 1.29 is 19.1 Å². The number of methoxy groups -OCH3 is 1. The summed E-state index contributed by atoms with van der Waals surface area (Å²) in [7, 11) is 1.60. The van der Waals surface area contributed by atoms with Gasteiger partial charge in [-0.3, -0.25) is 14.6 Å². The first kappa shape index (κ1) is 20.5. The third-order valence-electron chi connectivity index (χ3n) is 5.85. The lowest BCUT2D eigenvalue weighted by Gasteiger charge is -2.36. The zero-order valence-electron chi connectivity index (χ0n) is 17.4. The predicted octanol–water partition coefficient (Wildman–Crippen LogP) is 4.89. The van der Waals surface area contributed by atoms with Crippen LogP contribution in [0.2, 0.25) is 0 Å². The number of carbonyl (C=O) groups is 2. The number of hydrogen-bond donors (Lipinski definition) is 0. The summed E-state index contributed by atoms with van der Waals surface area (Å²) in [5.41, 5.74) is 2.93. The fraction of sp³-hybridized carbons (Fsp3) is 0.375. The van der Waals surface area contributed by atoms with E-state index in [0.29, 0.717) is 29.9 Å². The van der Waals surface area contributed by atoms with Gasteiger partial charge in [-0.05, 0) is 37.8 Å². The average Bonchev–Trinajstić information content (AvgIpc) is 3.27. The summed E-state index contributed by atoms with van der Waals surface area (Å²) in [6.45, 7) is 3.92. The molecule has 6 heteroatoms. The molecular weight excluding hydrogens is 398 g/mol.